The van der Waals surface area contributed by atoms with Crippen molar-refractivity contribution < 1.29 is 4.74 Å². The van der Waals surface area contributed by atoms with E-state index in [0.29, 0.717) is 12.6 Å². The van der Waals surface area contributed by atoms with Gasteiger partial charge in [0.1, 0.15) is 6.61 Å². The number of anilines is 2. The van der Waals surface area contributed by atoms with E-state index in [0.717, 1.165) is 0 Å². The molecule has 1 heterocycles. The van der Waals surface area contributed by atoms with Crippen molar-refractivity contribution >= 4 is 11.9 Å². The third-order valence-electron chi connectivity index (χ3n) is 2.79. The fraction of sp³-hybridized carbons (Fsp3) is 0.727. The molecular formula is C11H22N6O. The lowest BCUT2D eigenvalue weighted by Gasteiger charge is -2.31. The maximum absolute atomic E-state index is 5.62. The minimum atomic E-state index is -0.111. The summed E-state index contributed by atoms with van der Waals surface area (Å²) in [4.78, 5) is 16.0. The Balaban J connectivity index is 2.79. The Hall–Kier alpha value is -1.63. The van der Waals surface area contributed by atoms with E-state index in [9.17, 15) is 0 Å². The van der Waals surface area contributed by atoms with E-state index in [2.05, 4.69) is 33.7 Å². The Morgan fingerprint density at radius 3 is 2.22 bits per heavy atom. The van der Waals surface area contributed by atoms with E-state index < -0.39 is 0 Å². The summed E-state index contributed by atoms with van der Waals surface area (Å²) in [6.45, 7) is 4.62. The topological polar surface area (TPSA) is 80.4 Å². The van der Waals surface area contributed by atoms with Gasteiger partial charge in [-0.2, -0.15) is 15.0 Å². The molecule has 102 valence electrons. The van der Waals surface area contributed by atoms with Gasteiger partial charge in [-0.25, -0.2) is 0 Å². The summed E-state index contributed by atoms with van der Waals surface area (Å²) < 4.78 is 5.59. The first-order chi connectivity index (χ1) is 8.22. The fourth-order valence-electron chi connectivity index (χ4n) is 0.996. The van der Waals surface area contributed by atoms with Crippen LogP contribution < -0.4 is 15.4 Å². The van der Waals surface area contributed by atoms with Crippen molar-refractivity contribution in [1.82, 2.24) is 19.9 Å². The highest BCUT2D eigenvalue weighted by atomic mass is 16.5. The van der Waals surface area contributed by atoms with Crippen LogP contribution in [0.3, 0.4) is 0 Å². The van der Waals surface area contributed by atoms with Crippen molar-refractivity contribution in [1.29, 1.82) is 0 Å². The van der Waals surface area contributed by atoms with Gasteiger partial charge >= 0.3 is 6.01 Å². The summed E-state index contributed by atoms with van der Waals surface area (Å²) in [7, 11) is 7.66. The minimum absolute atomic E-state index is 0.111. The highest BCUT2D eigenvalue weighted by Gasteiger charge is 2.22. The lowest BCUT2D eigenvalue weighted by Crippen LogP contribution is -2.43. The molecule has 0 aliphatic rings. The third-order valence-corrected chi connectivity index (χ3v) is 2.79. The third kappa shape index (κ3) is 3.69. The second-order valence-electron chi connectivity index (χ2n) is 5.17. The molecule has 0 saturated carbocycles. The number of ether oxygens (including phenoxy) is 1. The summed E-state index contributed by atoms with van der Waals surface area (Å²) in [6.07, 6.45) is 0. The monoisotopic (exact) mass is 254 g/mol. The zero-order chi connectivity index (χ0) is 13.9. The van der Waals surface area contributed by atoms with E-state index in [1.54, 1.807) is 4.90 Å². The van der Waals surface area contributed by atoms with E-state index in [-0.39, 0.29) is 17.5 Å². The molecule has 1 rings (SSSR count). The summed E-state index contributed by atoms with van der Waals surface area (Å²) in [5, 5.41) is 0. The quantitative estimate of drug-likeness (QED) is 0.806. The van der Waals surface area contributed by atoms with E-state index in [1.165, 1.54) is 0 Å². The van der Waals surface area contributed by atoms with Crippen LogP contribution in [-0.2, 0) is 0 Å². The highest BCUT2D eigenvalue weighted by molar-refractivity contribution is 5.33. The number of nitrogens with two attached hydrogens (primary N) is 1. The van der Waals surface area contributed by atoms with Crippen molar-refractivity contribution in [2.75, 3.05) is 45.4 Å². The zero-order valence-electron chi connectivity index (χ0n) is 11.9. The lowest BCUT2D eigenvalue weighted by atomic mass is 10.1. The Bertz CT molecular complexity index is 405. The molecule has 7 nitrogen and oxygen atoms in total. The summed E-state index contributed by atoms with van der Waals surface area (Å²) in [5.74, 6) is 0.645. The number of aromatic nitrogens is 3. The molecule has 1 aromatic rings. The maximum Gasteiger partial charge on any atom is 0.323 e. The average Bonchev–Trinajstić information content (AvgIpc) is 2.25. The molecule has 0 fully saturated rings. The lowest BCUT2D eigenvalue weighted by molar-refractivity contribution is 0.108. The highest BCUT2D eigenvalue weighted by Crippen LogP contribution is 2.15. The van der Waals surface area contributed by atoms with Crippen molar-refractivity contribution in [2.24, 2.45) is 0 Å². The number of likely N-dealkylation sites (N-methyl/N-ethyl adjacent to an activating group) is 1. The number of nitrogens with zero attached hydrogens (tertiary/aromatic N) is 5. The molecule has 7 heteroatoms. The summed E-state index contributed by atoms with van der Waals surface area (Å²) in [6, 6.07) is 0.251. The number of nitrogen functional groups attached to an aromatic ring is 1. The van der Waals surface area contributed by atoms with Gasteiger partial charge in [-0.3, -0.25) is 0 Å². The average molecular weight is 254 g/mol. The number of rotatable bonds is 5. The van der Waals surface area contributed by atoms with Crippen LogP contribution in [0.2, 0.25) is 0 Å². The maximum atomic E-state index is 5.62. The molecule has 0 amide bonds. The first kappa shape index (κ1) is 14.4. The smallest absolute Gasteiger partial charge is 0.323 e. The van der Waals surface area contributed by atoms with Gasteiger partial charge in [0.05, 0.1) is 0 Å². The first-order valence-corrected chi connectivity index (χ1v) is 5.71. The van der Waals surface area contributed by atoms with Crippen LogP contribution in [0.15, 0.2) is 0 Å². The van der Waals surface area contributed by atoms with Gasteiger partial charge in [-0.05, 0) is 27.9 Å². The Labute approximate surface area is 108 Å². The number of hydrogen-bond donors (Lipinski definition) is 1. The van der Waals surface area contributed by atoms with Crippen molar-refractivity contribution in [2.45, 2.75) is 19.4 Å². The second kappa shape index (κ2) is 5.34. The Kier molecular flexibility index (Phi) is 4.28. The first-order valence-electron chi connectivity index (χ1n) is 5.71. The molecule has 0 spiro atoms. The van der Waals surface area contributed by atoms with Crippen LogP contribution in [0.5, 0.6) is 6.01 Å². The van der Waals surface area contributed by atoms with Crippen LogP contribution in [0.1, 0.15) is 13.8 Å². The summed E-state index contributed by atoms with van der Waals surface area (Å²) >= 11 is 0. The molecule has 0 aliphatic heterocycles. The van der Waals surface area contributed by atoms with Crippen LogP contribution >= 0.6 is 0 Å². The van der Waals surface area contributed by atoms with Crippen LogP contribution in [0.25, 0.3) is 0 Å². The minimum Gasteiger partial charge on any atom is -0.461 e. The SMILES string of the molecule is CN(C)c1nc(N)nc(OCC(C)(C)N(C)C)n1. The molecule has 0 radical (unpaired) electrons. The van der Waals surface area contributed by atoms with Gasteiger partial charge in [0.2, 0.25) is 11.9 Å². The van der Waals surface area contributed by atoms with E-state index in [1.807, 2.05) is 28.2 Å². The van der Waals surface area contributed by atoms with Gasteiger partial charge in [-0.15, -0.1) is 0 Å². The molecule has 0 bridgehead atoms. The van der Waals surface area contributed by atoms with Gasteiger partial charge in [0, 0.05) is 19.6 Å². The largest absolute Gasteiger partial charge is 0.461 e. The molecule has 0 saturated heterocycles. The normalized spacial score (nSPS) is 11.7. The van der Waals surface area contributed by atoms with Crippen molar-refractivity contribution in [3.63, 3.8) is 0 Å². The molecule has 0 aromatic carbocycles. The van der Waals surface area contributed by atoms with Crippen LogP contribution in [0, 0.1) is 0 Å². The van der Waals surface area contributed by atoms with Gasteiger partial charge in [-0.1, -0.05) is 0 Å². The molecule has 0 aliphatic carbocycles. The number of hydrogen-bond acceptors (Lipinski definition) is 7. The molecule has 2 N–H and O–H groups in total. The van der Waals surface area contributed by atoms with Crippen LogP contribution in [-0.4, -0.2) is 60.2 Å². The van der Waals surface area contributed by atoms with Gasteiger partial charge < -0.3 is 20.3 Å². The summed E-state index contributed by atoms with van der Waals surface area (Å²) in [5.41, 5.74) is 5.51. The zero-order valence-corrected chi connectivity index (χ0v) is 11.9. The van der Waals surface area contributed by atoms with Gasteiger partial charge in [0.25, 0.3) is 0 Å². The Morgan fingerprint density at radius 1 is 1.11 bits per heavy atom. The standard InChI is InChI=1S/C11H22N6O/c1-11(2,17(5)6)7-18-10-14-8(12)13-9(15-10)16(3)4/h7H2,1-6H3,(H2,12,13,14,15). The predicted molar refractivity (Wildman–Crippen MR) is 71.8 cm³/mol. The second-order valence-corrected chi connectivity index (χ2v) is 5.17. The molecule has 1 aromatic heterocycles. The molecule has 0 atom stereocenters. The van der Waals surface area contributed by atoms with Crippen LogP contribution in [0.4, 0.5) is 11.9 Å². The van der Waals surface area contributed by atoms with E-state index >= 15 is 0 Å². The molecule has 18 heavy (non-hydrogen) atoms. The van der Waals surface area contributed by atoms with Crippen molar-refractivity contribution in [3.05, 3.63) is 0 Å². The Morgan fingerprint density at radius 2 is 1.72 bits per heavy atom. The predicted octanol–water partition coefficient (Wildman–Crippen LogP) is 0.239. The van der Waals surface area contributed by atoms with Gasteiger partial charge in [0.15, 0.2) is 0 Å². The molecular weight excluding hydrogens is 232 g/mol. The van der Waals surface area contributed by atoms with Crippen molar-refractivity contribution in [3.8, 4) is 6.01 Å². The fourth-order valence-corrected chi connectivity index (χ4v) is 0.996. The van der Waals surface area contributed by atoms with E-state index in [4.69, 9.17) is 10.5 Å². The molecule has 0 unspecified atom stereocenters.